The Bertz CT molecular complexity index is 1230. The Kier molecular flexibility index (Phi) is 8.94. The van der Waals surface area contributed by atoms with E-state index < -0.39 is 0 Å². The second-order valence-electron chi connectivity index (χ2n) is 9.73. The van der Waals surface area contributed by atoms with E-state index in [9.17, 15) is 9.59 Å². The fourth-order valence-corrected chi connectivity index (χ4v) is 4.67. The Morgan fingerprint density at radius 3 is 2.39 bits per heavy atom. The largest absolute Gasteiger partial charge is 0.497 e. The Morgan fingerprint density at radius 1 is 0.974 bits per heavy atom. The molecule has 2 aromatic carbocycles. The number of amides is 2. The van der Waals surface area contributed by atoms with Gasteiger partial charge in [-0.15, -0.1) is 10.2 Å². The fraction of sp³-hybridized carbons (Fsp3) is 0.400. The number of hydrogen-bond donors (Lipinski definition) is 0. The molecule has 1 aliphatic heterocycles. The monoisotopic (exact) mass is 515 g/mol. The third-order valence-electron chi connectivity index (χ3n) is 7.27. The van der Waals surface area contributed by atoms with Gasteiger partial charge in [0.2, 0.25) is 5.91 Å². The maximum atomic E-state index is 13.4. The molecule has 0 aliphatic carbocycles. The van der Waals surface area contributed by atoms with Crippen molar-refractivity contribution in [2.75, 3.05) is 44.7 Å². The van der Waals surface area contributed by atoms with Gasteiger partial charge < -0.3 is 19.4 Å². The highest BCUT2D eigenvalue weighted by atomic mass is 16.5. The van der Waals surface area contributed by atoms with E-state index in [2.05, 4.69) is 15.1 Å². The summed E-state index contributed by atoms with van der Waals surface area (Å²) in [4.78, 5) is 32.5. The van der Waals surface area contributed by atoms with Gasteiger partial charge in [-0.25, -0.2) is 0 Å². The summed E-state index contributed by atoms with van der Waals surface area (Å²) in [5.74, 6) is 1.49. The molecule has 3 aromatic rings. The first-order valence-electron chi connectivity index (χ1n) is 13.3. The van der Waals surface area contributed by atoms with Gasteiger partial charge in [0, 0.05) is 43.3 Å². The van der Waals surface area contributed by atoms with Gasteiger partial charge in [0.25, 0.3) is 5.91 Å². The van der Waals surface area contributed by atoms with Crippen LogP contribution < -0.4 is 9.64 Å². The number of methoxy groups -OCH3 is 1. The van der Waals surface area contributed by atoms with Crippen LogP contribution in [0.2, 0.25) is 0 Å². The number of aryl methyl sites for hydroxylation is 1. The molecule has 0 spiro atoms. The van der Waals surface area contributed by atoms with Crippen molar-refractivity contribution in [3.63, 3.8) is 0 Å². The Hall–Kier alpha value is -3.94. The molecular formula is C30H37N5O3. The van der Waals surface area contributed by atoms with Gasteiger partial charge in [0.1, 0.15) is 12.3 Å². The lowest BCUT2D eigenvalue weighted by atomic mass is 10.1. The van der Waals surface area contributed by atoms with Crippen molar-refractivity contribution >= 4 is 17.6 Å². The molecule has 0 unspecified atom stereocenters. The van der Waals surface area contributed by atoms with Crippen LogP contribution in [0.3, 0.4) is 0 Å². The predicted octanol–water partition coefficient (Wildman–Crippen LogP) is 4.44. The van der Waals surface area contributed by atoms with Crippen LogP contribution in [0.4, 0.5) is 5.82 Å². The average Bonchev–Trinajstić information content (AvgIpc) is 3.22. The van der Waals surface area contributed by atoms with Gasteiger partial charge >= 0.3 is 0 Å². The first-order chi connectivity index (χ1) is 18.4. The number of carbonyl (C=O) groups is 2. The molecular weight excluding hydrogens is 478 g/mol. The molecule has 200 valence electrons. The molecule has 2 amide bonds. The lowest BCUT2D eigenvalue weighted by molar-refractivity contribution is -0.132. The zero-order valence-corrected chi connectivity index (χ0v) is 22.8. The number of aromatic nitrogens is 2. The smallest absolute Gasteiger partial charge is 0.254 e. The van der Waals surface area contributed by atoms with Crippen molar-refractivity contribution in [1.82, 2.24) is 20.0 Å². The van der Waals surface area contributed by atoms with E-state index in [4.69, 9.17) is 4.74 Å². The van der Waals surface area contributed by atoms with E-state index >= 15 is 0 Å². The Labute approximate surface area is 225 Å². The summed E-state index contributed by atoms with van der Waals surface area (Å²) < 4.78 is 5.23. The minimum absolute atomic E-state index is 0.0185. The molecule has 1 aromatic heterocycles. The lowest BCUT2D eigenvalue weighted by Gasteiger charge is -2.31. The molecule has 1 atom stereocenters. The number of anilines is 1. The molecule has 0 N–H and O–H groups in total. The normalized spacial score (nSPS) is 14.5. The van der Waals surface area contributed by atoms with E-state index in [-0.39, 0.29) is 24.4 Å². The molecule has 1 aliphatic rings. The van der Waals surface area contributed by atoms with Crippen molar-refractivity contribution in [1.29, 1.82) is 0 Å². The summed E-state index contributed by atoms with van der Waals surface area (Å²) in [7, 11) is 1.65. The van der Waals surface area contributed by atoms with Crippen molar-refractivity contribution in [2.24, 2.45) is 0 Å². The molecule has 1 fully saturated rings. The molecule has 8 nitrogen and oxygen atoms in total. The number of hydrogen-bond acceptors (Lipinski definition) is 6. The highest BCUT2D eigenvalue weighted by molar-refractivity contribution is 5.98. The molecule has 2 heterocycles. The number of rotatable bonds is 8. The molecule has 1 saturated heterocycles. The summed E-state index contributed by atoms with van der Waals surface area (Å²) in [6.45, 7) is 8.74. The summed E-state index contributed by atoms with van der Waals surface area (Å²) in [5, 5.41) is 8.90. The molecule has 0 bridgehead atoms. The van der Waals surface area contributed by atoms with Crippen molar-refractivity contribution in [3.8, 4) is 17.0 Å². The zero-order chi connectivity index (χ0) is 27.1. The van der Waals surface area contributed by atoms with Crippen molar-refractivity contribution < 1.29 is 14.3 Å². The summed E-state index contributed by atoms with van der Waals surface area (Å²) in [5.41, 5.74) is 3.34. The first kappa shape index (κ1) is 27.1. The van der Waals surface area contributed by atoms with Gasteiger partial charge in [0.15, 0.2) is 5.82 Å². The highest BCUT2D eigenvalue weighted by Crippen LogP contribution is 2.22. The van der Waals surface area contributed by atoms with Crippen molar-refractivity contribution in [3.05, 3.63) is 71.8 Å². The first-order valence-corrected chi connectivity index (χ1v) is 13.3. The third kappa shape index (κ3) is 6.30. The maximum Gasteiger partial charge on any atom is 0.254 e. The van der Waals surface area contributed by atoms with Gasteiger partial charge in [-0.2, -0.15) is 0 Å². The second kappa shape index (κ2) is 12.5. The van der Waals surface area contributed by atoms with Crippen LogP contribution in [-0.4, -0.2) is 77.7 Å². The topological polar surface area (TPSA) is 78.9 Å². The summed E-state index contributed by atoms with van der Waals surface area (Å²) in [6.07, 6.45) is 1.60. The van der Waals surface area contributed by atoms with Crippen LogP contribution in [0.15, 0.2) is 60.7 Å². The van der Waals surface area contributed by atoms with Crippen LogP contribution in [0, 0.1) is 6.92 Å². The van der Waals surface area contributed by atoms with Crippen molar-refractivity contribution in [2.45, 2.75) is 39.7 Å². The molecule has 4 rings (SSSR count). The standard InChI is InChI=1S/C30H37N5O3/c1-5-23(3)35(30(37)26-10-7-6-9-22(26)2)21-29(36)34-18-8-17-33(19-20-34)28-16-15-27(31-32-28)24-11-13-25(38-4)14-12-24/h6-7,9-16,23H,5,8,17-21H2,1-4H3/t23-/m0/s1. The molecule has 38 heavy (non-hydrogen) atoms. The fourth-order valence-electron chi connectivity index (χ4n) is 4.67. The number of benzene rings is 2. The Morgan fingerprint density at radius 2 is 1.74 bits per heavy atom. The number of nitrogens with zero attached hydrogens (tertiary/aromatic N) is 5. The Balaban J connectivity index is 1.39. The minimum atomic E-state index is -0.0885. The third-order valence-corrected chi connectivity index (χ3v) is 7.27. The average molecular weight is 516 g/mol. The van der Waals surface area contributed by atoms with Crippen LogP contribution in [-0.2, 0) is 4.79 Å². The van der Waals surface area contributed by atoms with E-state index in [0.29, 0.717) is 25.2 Å². The summed E-state index contributed by atoms with van der Waals surface area (Å²) >= 11 is 0. The quantitative estimate of drug-likeness (QED) is 0.441. The van der Waals surface area contributed by atoms with Gasteiger partial charge in [-0.1, -0.05) is 25.1 Å². The number of ether oxygens (including phenoxy) is 1. The van der Waals surface area contributed by atoms with Crippen LogP contribution >= 0.6 is 0 Å². The van der Waals surface area contributed by atoms with Crippen LogP contribution in [0.5, 0.6) is 5.75 Å². The zero-order valence-electron chi connectivity index (χ0n) is 22.8. The van der Waals surface area contributed by atoms with Gasteiger partial charge in [-0.05, 0) is 74.7 Å². The van der Waals surface area contributed by atoms with E-state index in [1.807, 2.05) is 86.3 Å². The van der Waals surface area contributed by atoms with E-state index in [0.717, 1.165) is 47.8 Å². The van der Waals surface area contributed by atoms with Crippen LogP contribution in [0.25, 0.3) is 11.3 Å². The molecule has 8 heteroatoms. The molecule has 0 radical (unpaired) electrons. The van der Waals surface area contributed by atoms with Gasteiger partial charge in [-0.3, -0.25) is 9.59 Å². The predicted molar refractivity (Wildman–Crippen MR) is 149 cm³/mol. The van der Waals surface area contributed by atoms with E-state index in [1.165, 1.54) is 0 Å². The number of carbonyl (C=O) groups excluding carboxylic acids is 2. The second-order valence-corrected chi connectivity index (χ2v) is 9.73. The summed E-state index contributed by atoms with van der Waals surface area (Å²) in [6, 6.07) is 19.2. The van der Waals surface area contributed by atoms with Gasteiger partial charge in [0.05, 0.1) is 12.8 Å². The lowest BCUT2D eigenvalue weighted by Crippen LogP contribution is -2.47. The minimum Gasteiger partial charge on any atom is -0.497 e. The van der Waals surface area contributed by atoms with E-state index in [1.54, 1.807) is 12.0 Å². The van der Waals surface area contributed by atoms with Crippen LogP contribution in [0.1, 0.15) is 42.6 Å². The maximum absolute atomic E-state index is 13.4. The SMILES string of the molecule is CC[C@H](C)N(CC(=O)N1CCCN(c2ccc(-c3ccc(OC)cc3)nn2)CC1)C(=O)c1ccccc1C. The highest BCUT2D eigenvalue weighted by Gasteiger charge is 2.27. The molecule has 0 saturated carbocycles.